The van der Waals surface area contributed by atoms with Crippen molar-refractivity contribution in [3.63, 3.8) is 0 Å². The van der Waals surface area contributed by atoms with Crippen LogP contribution in [0.4, 0.5) is 0 Å². The molecule has 0 N–H and O–H groups in total. The summed E-state index contributed by atoms with van der Waals surface area (Å²) in [6.07, 6.45) is 2.11. The molecule has 0 unspecified atom stereocenters. The van der Waals surface area contributed by atoms with Gasteiger partial charge in [0.1, 0.15) is 0 Å². The Morgan fingerprint density at radius 2 is 1.83 bits per heavy atom. The molecule has 23 heavy (non-hydrogen) atoms. The van der Waals surface area contributed by atoms with Crippen LogP contribution in [0.2, 0.25) is 0 Å². The second kappa shape index (κ2) is 5.45. The summed E-state index contributed by atoms with van der Waals surface area (Å²) in [5.41, 5.74) is -0.0399. The number of carbonyl (C=O) groups excluding carboxylic acids is 2. The van der Waals surface area contributed by atoms with Gasteiger partial charge >= 0.3 is 0 Å². The van der Waals surface area contributed by atoms with E-state index in [1.165, 1.54) is 0 Å². The first-order valence-electron chi connectivity index (χ1n) is 8.92. The van der Waals surface area contributed by atoms with Gasteiger partial charge in [0, 0.05) is 44.6 Å². The Kier molecular flexibility index (Phi) is 3.65. The standard InChI is InChI=1S/C17H27N3O3/c1-12(2)15(21)18-7-14-8-23-6-5-20(14)17(9-18)10-19(11-17)16(22)13-3-4-13/h12-14H,3-11H2,1-2H3/t14-/m1/s1. The van der Waals surface area contributed by atoms with Gasteiger partial charge < -0.3 is 14.5 Å². The van der Waals surface area contributed by atoms with Gasteiger partial charge in [-0.1, -0.05) is 13.8 Å². The summed E-state index contributed by atoms with van der Waals surface area (Å²) in [5, 5.41) is 0. The van der Waals surface area contributed by atoms with Crippen molar-refractivity contribution in [2.45, 2.75) is 38.3 Å². The van der Waals surface area contributed by atoms with Crippen LogP contribution in [-0.2, 0) is 14.3 Å². The Morgan fingerprint density at radius 3 is 2.48 bits per heavy atom. The van der Waals surface area contributed by atoms with Gasteiger partial charge in [0.05, 0.1) is 24.8 Å². The SMILES string of the molecule is CC(C)C(=O)N1C[C@@H]2COCCN2C2(C1)CN(C(=O)C1CC1)C2. The van der Waals surface area contributed by atoms with E-state index in [0.29, 0.717) is 12.5 Å². The van der Waals surface area contributed by atoms with Crippen LogP contribution >= 0.6 is 0 Å². The van der Waals surface area contributed by atoms with Crippen molar-refractivity contribution < 1.29 is 14.3 Å². The minimum Gasteiger partial charge on any atom is -0.378 e. The monoisotopic (exact) mass is 321 g/mol. The summed E-state index contributed by atoms with van der Waals surface area (Å²) in [7, 11) is 0. The van der Waals surface area contributed by atoms with E-state index in [1.807, 2.05) is 23.6 Å². The number of fused-ring (bicyclic) bond motifs is 2. The molecule has 1 atom stereocenters. The summed E-state index contributed by atoms with van der Waals surface area (Å²) in [4.78, 5) is 31.4. The molecule has 3 heterocycles. The molecule has 4 rings (SSSR count). The van der Waals surface area contributed by atoms with E-state index in [2.05, 4.69) is 4.90 Å². The van der Waals surface area contributed by atoms with Crippen LogP contribution in [0.1, 0.15) is 26.7 Å². The molecule has 4 aliphatic rings. The lowest BCUT2D eigenvalue weighted by Crippen LogP contribution is -2.81. The van der Waals surface area contributed by atoms with Crippen molar-refractivity contribution in [2.24, 2.45) is 11.8 Å². The fourth-order valence-corrected chi connectivity index (χ4v) is 4.42. The number of rotatable bonds is 2. The number of carbonyl (C=O) groups is 2. The second-order valence-electron chi connectivity index (χ2n) is 7.99. The number of amides is 2. The maximum absolute atomic E-state index is 12.5. The van der Waals surface area contributed by atoms with Gasteiger partial charge in [0.15, 0.2) is 0 Å². The van der Waals surface area contributed by atoms with Gasteiger partial charge in [0.2, 0.25) is 11.8 Å². The number of piperazine rings is 1. The molecule has 128 valence electrons. The van der Waals surface area contributed by atoms with Crippen molar-refractivity contribution in [1.82, 2.24) is 14.7 Å². The van der Waals surface area contributed by atoms with Gasteiger partial charge in [-0.05, 0) is 12.8 Å². The van der Waals surface area contributed by atoms with Gasteiger partial charge in [-0.15, -0.1) is 0 Å². The summed E-state index contributed by atoms with van der Waals surface area (Å²) in [6, 6.07) is 0.276. The summed E-state index contributed by atoms with van der Waals surface area (Å²) >= 11 is 0. The Balaban J connectivity index is 1.51. The van der Waals surface area contributed by atoms with E-state index in [1.54, 1.807) is 0 Å². The van der Waals surface area contributed by atoms with Crippen molar-refractivity contribution in [2.75, 3.05) is 45.9 Å². The lowest BCUT2D eigenvalue weighted by molar-refractivity contribution is -0.182. The number of likely N-dealkylation sites (tertiary alicyclic amines) is 1. The quantitative estimate of drug-likeness (QED) is 0.728. The summed E-state index contributed by atoms with van der Waals surface area (Å²) < 4.78 is 5.65. The number of morpholine rings is 1. The van der Waals surface area contributed by atoms with Crippen molar-refractivity contribution >= 4 is 11.8 Å². The molecule has 3 saturated heterocycles. The van der Waals surface area contributed by atoms with E-state index in [4.69, 9.17) is 4.74 Å². The molecule has 1 spiro atoms. The lowest BCUT2D eigenvalue weighted by atomic mass is 9.82. The Hall–Kier alpha value is -1.14. The van der Waals surface area contributed by atoms with Crippen LogP contribution in [0.25, 0.3) is 0 Å². The third-order valence-corrected chi connectivity index (χ3v) is 5.77. The average molecular weight is 321 g/mol. The van der Waals surface area contributed by atoms with E-state index >= 15 is 0 Å². The zero-order valence-electron chi connectivity index (χ0n) is 14.2. The fourth-order valence-electron chi connectivity index (χ4n) is 4.42. The van der Waals surface area contributed by atoms with E-state index < -0.39 is 0 Å². The molecule has 6 nitrogen and oxygen atoms in total. The van der Waals surface area contributed by atoms with E-state index in [9.17, 15) is 9.59 Å². The number of hydrogen-bond acceptors (Lipinski definition) is 4. The maximum atomic E-state index is 12.5. The highest BCUT2D eigenvalue weighted by atomic mass is 16.5. The first kappa shape index (κ1) is 15.4. The average Bonchev–Trinajstić information content (AvgIpc) is 3.34. The molecule has 0 bridgehead atoms. The highest BCUT2D eigenvalue weighted by molar-refractivity contribution is 5.82. The predicted molar refractivity (Wildman–Crippen MR) is 84.8 cm³/mol. The van der Waals surface area contributed by atoms with Gasteiger partial charge in [0.25, 0.3) is 0 Å². The Bertz CT molecular complexity index is 511. The summed E-state index contributed by atoms with van der Waals surface area (Å²) in [6.45, 7) is 9.36. The topological polar surface area (TPSA) is 53.1 Å². The third kappa shape index (κ3) is 2.56. The number of nitrogens with zero attached hydrogens (tertiary/aromatic N) is 3. The normalized spacial score (nSPS) is 30.3. The maximum Gasteiger partial charge on any atom is 0.225 e. The molecular formula is C17H27N3O3. The van der Waals surface area contributed by atoms with Crippen LogP contribution in [0, 0.1) is 11.8 Å². The van der Waals surface area contributed by atoms with Gasteiger partial charge in [-0.25, -0.2) is 0 Å². The fraction of sp³-hybridized carbons (Fsp3) is 0.882. The zero-order valence-corrected chi connectivity index (χ0v) is 14.2. The molecular weight excluding hydrogens is 294 g/mol. The van der Waals surface area contributed by atoms with E-state index in [-0.39, 0.29) is 29.3 Å². The number of ether oxygens (including phenoxy) is 1. The van der Waals surface area contributed by atoms with Crippen LogP contribution < -0.4 is 0 Å². The predicted octanol–water partition coefficient (Wildman–Crippen LogP) is 0.176. The smallest absolute Gasteiger partial charge is 0.225 e. The van der Waals surface area contributed by atoms with Crippen molar-refractivity contribution in [3.8, 4) is 0 Å². The van der Waals surface area contributed by atoms with Crippen LogP contribution in [0.5, 0.6) is 0 Å². The van der Waals surface area contributed by atoms with Crippen molar-refractivity contribution in [1.29, 1.82) is 0 Å². The molecule has 6 heteroatoms. The lowest BCUT2D eigenvalue weighted by Gasteiger charge is -2.63. The molecule has 3 aliphatic heterocycles. The first-order valence-corrected chi connectivity index (χ1v) is 8.92. The molecule has 0 radical (unpaired) electrons. The van der Waals surface area contributed by atoms with Crippen LogP contribution in [0.15, 0.2) is 0 Å². The van der Waals surface area contributed by atoms with Gasteiger partial charge in [-0.3, -0.25) is 14.5 Å². The number of hydrogen-bond donors (Lipinski definition) is 0. The molecule has 1 saturated carbocycles. The molecule has 0 aromatic rings. The molecule has 0 aromatic heterocycles. The largest absolute Gasteiger partial charge is 0.378 e. The van der Waals surface area contributed by atoms with Crippen molar-refractivity contribution in [3.05, 3.63) is 0 Å². The molecule has 0 aromatic carbocycles. The molecule has 4 fully saturated rings. The molecule has 1 aliphatic carbocycles. The first-order chi connectivity index (χ1) is 11.0. The highest BCUT2D eigenvalue weighted by Gasteiger charge is 2.57. The Morgan fingerprint density at radius 1 is 1.13 bits per heavy atom. The van der Waals surface area contributed by atoms with E-state index in [0.717, 1.165) is 52.2 Å². The minimum atomic E-state index is -0.0399. The second-order valence-corrected chi connectivity index (χ2v) is 7.99. The minimum absolute atomic E-state index is 0.0207. The molecule has 2 amide bonds. The van der Waals surface area contributed by atoms with Crippen LogP contribution in [-0.4, -0.2) is 84.0 Å². The van der Waals surface area contributed by atoms with Crippen LogP contribution in [0.3, 0.4) is 0 Å². The Labute approximate surface area is 137 Å². The zero-order chi connectivity index (χ0) is 16.2. The third-order valence-electron chi connectivity index (χ3n) is 5.77. The summed E-state index contributed by atoms with van der Waals surface area (Å²) in [5.74, 6) is 0.853. The van der Waals surface area contributed by atoms with Gasteiger partial charge in [-0.2, -0.15) is 0 Å². The highest BCUT2D eigenvalue weighted by Crippen LogP contribution is 2.39.